The molecule has 1 heterocycles. The quantitative estimate of drug-likeness (QED) is 0.766. The molecule has 3 amide bonds. The average molecular weight is 402 g/mol. The Balaban J connectivity index is 1.00. The van der Waals surface area contributed by atoms with Gasteiger partial charge in [-0.3, -0.25) is 14.4 Å². The fourth-order valence-corrected chi connectivity index (χ4v) is 6.70. The van der Waals surface area contributed by atoms with Crippen molar-refractivity contribution in [2.75, 3.05) is 32.7 Å². The lowest BCUT2D eigenvalue weighted by molar-refractivity contribution is -0.140. The normalized spacial score (nSPS) is 37.9. The minimum atomic E-state index is 0.103. The Morgan fingerprint density at radius 2 is 1.17 bits per heavy atom. The second kappa shape index (κ2) is 7.92. The van der Waals surface area contributed by atoms with E-state index in [-0.39, 0.29) is 23.7 Å². The summed E-state index contributed by atoms with van der Waals surface area (Å²) in [7, 11) is 0. The van der Waals surface area contributed by atoms with Gasteiger partial charge in [-0.1, -0.05) is 25.7 Å². The molecular formula is C23H35N3O3. The van der Waals surface area contributed by atoms with E-state index in [1.807, 2.05) is 9.80 Å². The molecule has 1 aliphatic heterocycles. The lowest BCUT2D eigenvalue weighted by Crippen LogP contribution is -2.51. The molecule has 0 aromatic carbocycles. The fraction of sp³-hybridized carbons (Fsp3) is 0.870. The standard InChI is InChI=1S/C23H35N3O3/c27-19(9-10-24-22(28)20-15-5-1-2-6-16(15)20)25-11-13-26(14-12-25)23(29)21-17-7-3-4-8-18(17)21/h15-18,20-21H,1-14H2,(H,24,28)/t15-,16+,17-,18-,20?/m1/s1. The fourth-order valence-electron chi connectivity index (χ4n) is 6.70. The zero-order valence-electron chi connectivity index (χ0n) is 17.5. The van der Waals surface area contributed by atoms with Gasteiger partial charge in [0.2, 0.25) is 17.7 Å². The topological polar surface area (TPSA) is 69.7 Å². The van der Waals surface area contributed by atoms with Crippen LogP contribution in [0.15, 0.2) is 0 Å². The highest BCUT2D eigenvalue weighted by molar-refractivity contribution is 5.84. The first-order valence-corrected chi connectivity index (χ1v) is 12.0. The highest BCUT2D eigenvalue weighted by Gasteiger charge is 2.56. The van der Waals surface area contributed by atoms with Crippen molar-refractivity contribution in [3.63, 3.8) is 0 Å². The van der Waals surface area contributed by atoms with Gasteiger partial charge in [-0.15, -0.1) is 0 Å². The molecular weight excluding hydrogens is 366 g/mol. The van der Waals surface area contributed by atoms with Crippen LogP contribution >= 0.6 is 0 Å². The van der Waals surface area contributed by atoms with Gasteiger partial charge in [-0.05, 0) is 49.4 Å². The third-order valence-electron chi connectivity index (χ3n) is 8.48. The van der Waals surface area contributed by atoms with Crippen molar-refractivity contribution in [3.8, 4) is 0 Å². The first-order chi connectivity index (χ1) is 14.1. The summed E-state index contributed by atoms with van der Waals surface area (Å²) in [6, 6.07) is 0. The first-order valence-electron chi connectivity index (χ1n) is 12.0. The number of hydrogen-bond donors (Lipinski definition) is 1. The van der Waals surface area contributed by atoms with Crippen molar-refractivity contribution < 1.29 is 14.4 Å². The number of amides is 3. The molecule has 160 valence electrons. The molecule has 0 bridgehead atoms. The van der Waals surface area contributed by atoms with Gasteiger partial charge in [0.05, 0.1) is 0 Å². The van der Waals surface area contributed by atoms with E-state index >= 15 is 0 Å². The van der Waals surface area contributed by atoms with Gasteiger partial charge in [0.15, 0.2) is 0 Å². The predicted octanol–water partition coefficient (Wildman–Crippen LogP) is 2.04. The van der Waals surface area contributed by atoms with Crippen LogP contribution in [-0.2, 0) is 14.4 Å². The summed E-state index contributed by atoms with van der Waals surface area (Å²) in [5, 5.41) is 3.00. The summed E-state index contributed by atoms with van der Waals surface area (Å²) in [5.41, 5.74) is 0. The molecule has 5 fully saturated rings. The van der Waals surface area contributed by atoms with Crippen LogP contribution in [0.2, 0.25) is 0 Å². The summed E-state index contributed by atoms with van der Waals surface area (Å²) in [4.78, 5) is 41.5. The van der Waals surface area contributed by atoms with E-state index in [0.29, 0.717) is 68.7 Å². The monoisotopic (exact) mass is 401 g/mol. The molecule has 1 unspecified atom stereocenters. The van der Waals surface area contributed by atoms with Crippen molar-refractivity contribution in [1.82, 2.24) is 15.1 Å². The minimum absolute atomic E-state index is 0.103. The highest BCUT2D eigenvalue weighted by Crippen LogP contribution is 2.56. The Morgan fingerprint density at radius 3 is 1.72 bits per heavy atom. The molecule has 6 heteroatoms. The molecule has 0 aromatic heterocycles. The van der Waals surface area contributed by atoms with Crippen molar-refractivity contribution in [2.45, 2.75) is 57.8 Å². The van der Waals surface area contributed by atoms with Gasteiger partial charge in [-0.25, -0.2) is 0 Å². The van der Waals surface area contributed by atoms with Crippen molar-refractivity contribution in [1.29, 1.82) is 0 Å². The highest BCUT2D eigenvalue weighted by atomic mass is 16.2. The van der Waals surface area contributed by atoms with Crippen LogP contribution in [0.25, 0.3) is 0 Å². The second-order valence-electron chi connectivity index (χ2n) is 10.0. The van der Waals surface area contributed by atoms with Crippen molar-refractivity contribution >= 4 is 17.7 Å². The van der Waals surface area contributed by atoms with Gasteiger partial charge in [0, 0.05) is 51.0 Å². The van der Waals surface area contributed by atoms with Crippen LogP contribution in [0.3, 0.4) is 0 Å². The summed E-state index contributed by atoms with van der Waals surface area (Å²) >= 11 is 0. The Labute approximate surface area is 173 Å². The molecule has 1 N–H and O–H groups in total. The molecule has 5 rings (SSSR count). The Bertz CT molecular complexity index is 648. The molecule has 0 aromatic rings. The van der Waals surface area contributed by atoms with E-state index in [4.69, 9.17) is 0 Å². The molecule has 0 spiro atoms. The van der Waals surface area contributed by atoms with Gasteiger partial charge in [0.25, 0.3) is 0 Å². The van der Waals surface area contributed by atoms with Crippen LogP contribution in [0.1, 0.15) is 57.8 Å². The van der Waals surface area contributed by atoms with E-state index in [1.54, 1.807) is 0 Å². The summed E-state index contributed by atoms with van der Waals surface area (Å²) in [6.45, 7) is 3.04. The Morgan fingerprint density at radius 1 is 0.690 bits per heavy atom. The minimum Gasteiger partial charge on any atom is -0.355 e. The summed E-state index contributed by atoms with van der Waals surface area (Å²) in [6.07, 6.45) is 10.3. The van der Waals surface area contributed by atoms with Gasteiger partial charge in [-0.2, -0.15) is 0 Å². The lowest BCUT2D eigenvalue weighted by atomic mass is 10.0. The van der Waals surface area contributed by atoms with E-state index in [9.17, 15) is 14.4 Å². The maximum absolute atomic E-state index is 12.8. The van der Waals surface area contributed by atoms with E-state index in [2.05, 4.69) is 5.32 Å². The zero-order chi connectivity index (χ0) is 20.0. The molecule has 5 atom stereocenters. The molecule has 1 saturated heterocycles. The first kappa shape index (κ1) is 19.4. The van der Waals surface area contributed by atoms with Crippen molar-refractivity contribution in [3.05, 3.63) is 0 Å². The molecule has 4 saturated carbocycles. The van der Waals surface area contributed by atoms with Crippen LogP contribution in [-0.4, -0.2) is 60.2 Å². The van der Waals surface area contributed by atoms with Crippen LogP contribution in [0.4, 0.5) is 0 Å². The van der Waals surface area contributed by atoms with E-state index in [0.717, 1.165) is 0 Å². The third kappa shape index (κ3) is 3.79. The summed E-state index contributed by atoms with van der Waals surface area (Å²) < 4.78 is 0. The number of nitrogens with zero attached hydrogens (tertiary/aromatic N) is 2. The largest absolute Gasteiger partial charge is 0.355 e. The van der Waals surface area contributed by atoms with Crippen LogP contribution in [0.5, 0.6) is 0 Å². The van der Waals surface area contributed by atoms with Crippen LogP contribution < -0.4 is 5.32 Å². The maximum atomic E-state index is 12.8. The maximum Gasteiger partial charge on any atom is 0.226 e. The number of carbonyl (C=O) groups is 3. The summed E-state index contributed by atoms with van der Waals surface area (Å²) in [5.74, 6) is 3.62. The number of fused-ring (bicyclic) bond motifs is 2. The van der Waals surface area contributed by atoms with Gasteiger partial charge < -0.3 is 15.1 Å². The third-order valence-corrected chi connectivity index (χ3v) is 8.48. The number of nitrogens with one attached hydrogen (secondary N) is 1. The van der Waals surface area contributed by atoms with Gasteiger partial charge in [0.1, 0.15) is 0 Å². The smallest absolute Gasteiger partial charge is 0.226 e. The predicted molar refractivity (Wildman–Crippen MR) is 109 cm³/mol. The van der Waals surface area contributed by atoms with E-state index < -0.39 is 0 Å². The zero-order valence-corrected chi connectivity index (χ0v) is 17.5. The number of hydrogen-bond acceptors (Lipinski definition) is 3. The average Bonchev–Trinajstić information content (AvgIpc) is 3.65. The molecule has 5 aliphatic rings. The van der Waals surface area contributed by atoms with Crippen molar-refractivity contribution in [2.24, 2.45) is 35.5 Å². The second-order valence-corrected chi connectivity index (χ2v) is 10.0. The molecule has 6 nitrogen and oxygen atoms in total. The molecule has 29 heavy (non-hydrogen) atoms. The SMILES string of the molecule is O=C(NCCC(=O)N1CCN(C(=O)C2[C@@H]3CCCC[C@@H]23)CC1)C1[C@H]2CCCC[C@@H]12. The number of carbonyl (C=O) groups excluding carboxylic acids is 3. The van der Waals surface area contributed by atoms with Crippen LogP contribution in [0, 0.1) is 35.5 Å². The molecule has 4 aliphatic carbocycles. The number of piperazine rings is 1. The number of rotatable bonds is 5. The Kier molecular flexibility index (Phi) is 5.29. The Hall–Kier alpha value is -1.59. The molecule has 0 radical (unpaired) electrons. The van der Waals surface area contributed by atoms with Gasteiger partial charge >= 0.3 is 0 Å². The lowest BCUT2D eigenvalue weighted by Gasteiger charge is -2.35. The van der Waals surface area contributed by atoms with E-state index in [1.165, 1.54) is 51.4 Å².